The normalized spacial score (nSPS) is 10.1. The fourth-order valence-corrected chi connectivity index (χ4v) is 1.77. The van der Waals surface area contributed by atoms with Gasteiger partial charge < -0.3 is 10.4 Å². The second-order valence-electron chi connectivity index (χ2n) is 4.23. The van der Waals surface area contributed by atoms with Crippen LogP contribution in [-0.4, -0.2) is 22.0 Å². The SMILES string of the molecule is CCc1ccc(C(=O)Nc2cnccc2C(=O)O)cc1. The van der Waals surface area contributed by atoms with Crippen molar-refractivity contribution in [2.75, 3.05) is 5.32 Å². The molecule has 2 aromatic rings. The number of aromatic carboxylic acids is 1. The number of carbonyl (C=O) groups is 2. The number of carboxylic acids is 1. The highest BCUT2D eigenvalue weighted by atomic mass is 16.4. The lowest BCUT2D eigenvalue weighted by Crippen LogP contribution is -2.15. The molecule has 1 heterocycles. The van der Waals surface area contributed by atoms with E-state index in [1.165, 1.54) is 18.5 Å². The first-order valence-corrected chi connectivity index (χ1v) is 6.19. The molecule has 1 aromatic carbocycles. The molecular weight excluding hydrogens is 256 g/mol. The summed E-state index contributed by atoms with van der Waals surface area (Å²) in [5.74, 6) is -1.47. The molecule has 5 nitrogen and oxygen atoms in total. The zero-order valence-electron chi connectivity index (χ0n) is 11.0. The van der Waals surface area contributed by atoms with Gasteiger partial charge in [-0.05, 0) is 30.2 Å². The van der Waals surface area contributed by atoms with Gasteiger partial charge in [0, 0.05) is 11.8 Å². The van der Waals surface area contributed by atoms with Crippen LogP contribution in [0.15, 0.2) is 42.7 Å². The van der Waals surface area contributed by atoms with Crippen LogP contribution in [0.25, 0.3) is 0 Å². The zero-order valence-corrected chi connectivity index (χ0v) is 11.0. The maximum Gasteiger partial charge on any atom is 0.337 e. The number of hydrogen-bond donors (Lipinski definition) is 2. The Morgan fingerprint density at radius 2 is 1.90 bits per heavy atom. The van der Waals surface area contributed by atoms with Crippen LogP contribution in [0.4, 0.5) is 5.69 Å². The molecule has 0 saturated heterocycles. The van der Waals surface area contributed by atoms with E-state index in [-0.39, 0.29) is 17.2 Å². The maximum absolute atomic E-state index is 12.1. The van der Waals surface area contributed by atoms with E-state index in [2.05, 4.69) is 10.3 Å². The third-order valence-corrected chi connectivity index (χ3v) is 2.92. The van der Waals surface area contributed by atoms with Crippen LogP contribution < -0.4 is 5.32 Å². The highest BCUT2D eigenvalue weighted by Gasteiger charge is 2.13. The number of carboxylic acid groups (broad SMARTS) is 1. The van der Waals surface area contributed by atoms with Crippen molar-refractivity contribution < 1.29 is 14.7 Å². The monoisotopic (exact) mass is 270 g/mol. The molecule has 102 valence electrons. The maximum atomic E-state index is 12.1. The lowest BCUT2D eigenvalue weighted by Gasteiger charge is -2.08. The molecular formula is C15H14N2O3. The molecule has 0 aliphatic carbocycles. The van der Waals surface area contributed by atoms with E-state index in [1.54, 1.807) is 12.1 Å². The van der Waals surface area contributed by atoms with Crippen molar-refractivity contribution in [3.05, 3.63) is 59.4 Å². The second kappa shape index (κ2) is 5.97. The summed E-state index contributed by atoms with van der Waals surface area (Å²) in [5.41, 5.74) is 1.81. The standard InChI is InChI=1S/C15H14N2O3/c1-2-10-3-5-11(6-4-10)14(18)17-13-9-16-8-7-12(13)15(19)20/h3-9H,2H2,1H3,(H,17,18)(H,19,20). The molecule has 5 heteroatoms. The van der Waals surface area contributed by atoms with Crippen LogP contribution in [0, 0.1) is 0 Å². The summed E-state index contributed by atoms with van der Waals surface area (Å²) in [6.45, 7) is 2.03. The quantitative estimate of drug-likeness (QED) is 0.895. The Kier molecular flexibility index (Phi) is 4.10. The number of carbonyl (C=O) groups excluding carboxylic acids is 1. The Balaban J connectivity index is 2.21. The summed E-state index contributed by atoms with van der Waals surface area (Å²) in [5, 5.41) is 11.6. The summed E-state index contributed by atoms with van der Waals surface area (Å²) < 4.78 is 0. The van der Waals surface area contributed by atoms with E-state index in [4.69, 9.17) is 5.11 Å². The van der Waals surface area contributed by atoms with Crippen molar-refractivity contribution in [2.45, 2.75) is 13.3 Å². The van der Waals surface area contributed by atoms with E-state index >= 15 is 0 Å². The Morgan fingerprint density at radius 3 is 2.50 bits per heavy atom. The van der Waals surface area contributed by atoms with Gasteiger partial charge in [-0.25, -0.2) is 4.79 Å². The zero-order chi connectivity index (χ0) is 14.5. The number of hydrogen-bond acceptors (Lipinski definition) is 3. The number of rotatable bonds is 4. The first-order valence-electron chi connectivity index (χ1n) is 6.19. The van der Waals surface area contributed by atoms with Gasteiger partial charge in [-0.3, -0.25) is 9.78 Å². The van der Waals surface area contributed by atoms with Crippen LogP contribution in [0.5, 0.6) is 0 Å². The molecule has 0 bridgehead atoms. The average Bonchev–Trinajstić information content (AvgIpc) is 2.47. The van der Waals surface area contributed by atoms with Crippen molar-refractivity contribution in [3.8, 4) is 0 Å². The van der Waals surface area contributed by atoms with Crippen LogP contribution in [-0.2, 0) is 6.42 Å². The van der Waals surface area contributed by atoms with E-state index in [0.29, 0.717) is 5.56 Å². The molecule has 0 fully saturated rings. The van der Waals surface area contributed by atoms with Gasteiger partial charge in [-0.1, -0.05) is 19.1 Å². The van der Waals surface area contributed by atoms with Crippen molar-refractivity contribution in [3.63, 3.8) is 0 Å². The van der Waals surface area contributed by atoms with Gasteiger partial charge in [0.1, 0.15) is 0 Å². The predicted molar refractivity (Wildman–Crippen MR) is 75.0 cm³/mol. The number of anilines is 1. The third-order valence-electron chi connectivity index (χ3n) is 2.92. The van der Waals surface area contributed by atoms with E-state index < -0.39 is 5.97 Å². The van der Waals surface area contributed by atoms with Gasteiger partial charge in [-0.2, -0.15) is 0 Å². The fourth-order valence-electron chi connectivity index (χ4n) is 1.77. The molecule has 0 aliphatic heterocycles. The Hall–Kier alpha value is -2.69. The molecule has 0 spiro atoms. The number of pyridine rings is 1. The highest BCUT2D eigenvalue weighted by molar-refractivity contribution is 6.07. The molecule has 2 rings (SSSR count). The first kappa shape index (κ1) is 13.7. The van der Waals surface area contributed by atoms with Gasteiger partial charge >= 0.3 is 5.97 Å². The van der Waals surface area contributed by atoms with Crippen molar-refractivity contribution in [1.29, 1.82) is 0 Å². The molecule has 2 N–H and O–H groups in total. The van der Waals surface area contributed by atoms with Crippen LogP contribution in [0.3, 0.4) is 0 Å². The van der Waals surface area contributed by atoms with Crippen molar-refractivity contribution in [1.82, 2.24) is 4.98 Å². The average molecular weight is 270 g/mol. The lowest BCUT2D eigenvalue weighted by molar-refractivity contribution is 0.0698. The van der Waals surface area contributed by atoms with Gasteiger partial charge in [-0.15, -0.1) is 0 Å². The minimum Gasteiger partial charge on any atom is -0.478 e. The van der Waals surface area contributed by atoms with Crippen molar-refractivity contribution >= 4 is 17.6 Å². The van der Waals surface area contributed by atoms with Crippen LogP contribution >= 0.6 is 0 Å². The summed E-state index contributed by atoms with van der Waals surface area (Å²) in [7, 11) is 0. The van der Waals surface area contributed by atoms with Gasteiger partial charge in [0.05, 0.1) is 17.4 Å². The van der Waals surface area contributed by atoms with E-state index in [1.807, 2.05) is 19.1 Å². The van der Waals surface area contributed by atoms with Gasteiger partial charge in [0.2, 0.25) is 0 Å². The molecule has 0 saturated carbocycles. The molecule has 1 aromatic heterocycles. The largest absolute Gasteiger partial charge is 0.478 e. The van der Waals surface area contributed by atoms with Gasteiger partial charge in [0.15, 0.2) is 0 Å². The second-order valence-corrected chi connectivity index (χ2v) is 4.23. The third kappa shape index (κ3) is 3.00. The Bertz CT molecular complexity index is 636. The molecule has 20 heavy (non-hydrogen) atoms. The van der Waals surface area contributed by atoms with Crippen LogP contribution in [0.2, 0.25) is 0 Å². The number of nitrogens with zero attached hydrogens (tertiary/aromatic N) is 1. The minimum atomic E-state index is -1.11. The lowest BCUT2D eigenvalue weighted by atomic mass is 10.1. The molecule has 0 aliphatic rings. The molecule has 0 atom stereocenters. The summed E-state index contributed by atoms with van der Waals surface area (Å²) >= 11 is 0. The molecule has 0 radical (unpaired) electrons. The van der Waals surface area contributed by atoms with E-state index in [9.17, 15) is 9.59 Å². The van der Waals surface area contributed by atoms with Crippen molar-refractivity contribution in [2.24, 2.45) is 0 Å². The highest BCUT2D eigenvalue weighted by Crippen LogP contribution is 2.15. The number of nitrogens with one attached hydrogen (secondary N) is 1. The Labute approximate surface area is 116 Å². The fraction of sp³-hybridized carbons (Fsp3) is 0.133. The minimum absolute atomic E-state index is 0.0125. The van der Waals surface area contributed by atoms with E-state index in [0.717, 1.165) is 12.0 Å². The summed E-state index contributed by atoms with van der Waals surface area (Å²) in [6, 6.07) is 8.51. The van der Waals surface area contributed by atoms with Crippen LogP contribution in [0.1, 0.15) is 33.2 Å². The Morgan fingerprint density at radius 1 is 1.20 bits per heavy atom. The topological polar surface area (TPSA) is 79.3 Å². The predicted octanol–water partition coefficient (Wildman–Crippen LogP) is 2.59. The number of benzene rings is 1. The number of aryl methyl sites for hydroxylation is 1. The van der Waals surface area contributed by atoms with Gasteiger partial charge in [0.25, 0.3) is 5.91 Å². The molecule has 1 amide bonds. The smallest absolute Gasteiger partial charge is 0.337 e. The number of aromatic nitrogens is 1. The number of amides is 1. The first-order chi connectivity index (χ1) is 9.61. The molecule has 0 unspecified atom stereocenters. The summed E-state index contributed by atoms with van der Waals surface area (Å²) in [4.78, 5) is 26.9. The summed E-state index contributed by atoms with van der Waals surface area (Å²) in [6.07, 6.45) is 3.59.